The zero-order valence-corrected chi connectivity index (χ0v) is 16.2. The van der Waals surface area contributed by atoms with Crippen molar-refractivity contribution in [2.24, 2.45) is 0 Å². The molecule has 0 bridgehead atoms. The highest BCUT2D eigenvalue weighted by atomic mass is 79.9. The van der Waals surface area contributed by atoms with Crippen molar-refractivity contribution in [3.63, 3.8) is 0 Å². The normalized spacial score (nSPS) is 15.7. The molecule has 0 saturated heterocycles. The van der Waals surface area contributed by atoms with Crippen LogP contribution in [-0.4, -0.2) is 59.1 Å². The van der Waals surface area contributed by atoms with Crippen LogP contribution >= 0.6 is 15.9 Å². The fourth-order valence-corrected chi connectivity index (χ4v) is 4.00. The SMILES string of the molecule is CN(C)S(=O)(=O)n1nc2c(c1Br)CCN(C(=O)OC(C)(C)C)C2. The Kier molecular flexibility index (Phi) is 4.80. The third-order valence-corrected chi connectivity index (χ3v) is 5.95. The molecule has 0 N–H and O–H groups in total. The van der Waals surface area contributed by atoms with E-state index in [0.29, 0.717) is 23.3 Å². The zero-order valence-electron chi connectivity index (χ0n) is 13.8. The number of hydrogen-bond donors (Lipinski definition) is 0. The smallest absolute Gasteiger partial charge is 0.410 e. The van der Waals surface area contributed by atoms with Crippen LogP contribution in [0.4, 0.5) is 4.79 Å². The van der Waals surface area contributed by atoms with Crippen LogP contribution < -0.4 is 0 Å². The van der Waals surface area contributed by atoms with Crippen molar-refractivity contribution in [1.82, 2.24) is 18.4 Å². The van der Waals surface area contributed by atoms with Crippen molar-refractivity contribution in [2.45, 2.75) is 39.3 Å². The number of fused-ring (bicyclic) bond motifs is 1. The number of carbonyl (C=O) groups excluding carboxylic acids is 1. The second-order valence-corrected chi connectivity index (χ2v) is 9.22. The predicted molar refractivity (Wildman–Crippen MR) is 88.3 cm³/mol. The Bertz CT molecular complexity index is 721. The summed E-state index contributed by atoms with van der Waals surface area (Å²) in [5, 5.41) is 4.16. The minimum atomic E-state index is -3.71. The Balaban J connectivity index is 2.28. The molecule has 1 aliphatic heterocycles. The fraction of sp³-hybridized carbons (Fsp3) is 0.692. The second kappa shape index (κ2) is 6.06. The summed E-state index contributed by atoms with van der Waals surface area (Å²) in [6, 6.07) is 0. The summed E-state index contributed by atoms with van der Waals surface area (Å²) in [6.45, 7) is 6.08. The number of ether oxygens (including phenoxy) is 1. The largest absolute Gasteiger partial charge is 0.444 e. The number of halogens is 1. The number of aromatic nitrogens is 2. The summed E-state index contributed by atoms with van der Waals surface area (Å²) in [5.74, 6) is 0. The first-order valence-corrected chi connectivity index (χ1v) is 9.29. The molecule has 1 aromatic rings. The van der Waals surface area contributed by atoms with Gasteiger partial charge >= 0.3 is 16.3 Å². The maximum absolute atomic E-state index is 12.3. The van der Waals surface area contributed by atoms with E-state index in [0.717, 1.165) is 14.0 Å². The lowest BCUT2D eigenvalue weighted by atomic mass is 10.1. The van der Waals surface area contributed by atoms with Gasteiger partial charge in [-0.1, -0.05) is 0 Å². The lowest BCUT2D eigenvalue weighted by molar-refractivity contribution is 0.0221. The van der Waals surface area contributed by atoms with Crippen LogP contribution in [0.25, 0.3) is 0 Å². The Labute approximate surface area is 144 Å². The van der Waals surface area contributed by atoms with E-state index in [1.54, 1.807) is 20.8 Å². The van der Waals surface area contributed by atoms with E-state index in [4.69, 9.17) is 4.74 Å². The summed E-state index contributed by atoms with van der Waals surface area (Å²) in [5.41, 5.74) is 0.778. The van der Waals surface area contributed by atoms with Gasteiger partial charge in [0.05, 0.1) is 12.2 Å². The lowest BCUT2D eigenvalue weighted by Gasteiger charge is -2.29. The van der Waals surface area contributed by atoms with Gasteiger partial charge in [-0.15, -0.1) is 4.09 Å². The van der Waals surface area contributed by atoms with Crippen LogP contribution in [-0.2, 0) is 27.9 Å². The summed E-state index contributed by atoms with van der Waals surface area (Å²) in [4.78, 5) is 13.7. The van der Waals surface area contributed by atoms with Gasteiger partial charge in [-0.2, -0.15) is 17.8 Å². The van der Waals surface area contributed by atoms with Crippen LogP contribution in [0.1, 0.15) is 32.0 Å². The number of carbonyl (C=O) groups is 1. The Hall–Kier alpha value is -1.13. The number of rotatable bonds is 2. The van der Waals surface area contributed by atoms with Crippen molar-refractivity contribution < 1.29 is 17.9 Å². The van der Waals surface area contributed by atoms with E-state index in [2.05, 4.69) is 21.0 Å². The van der Waals surface area contributed by atoms with E-state index >= 15 is 0 Å². The second-order valence-electron chi connectivity index (χ2n) is 6.50. The van der Waals surface area contributed by atoms with E-state index in [1.165, 1.54) is 19.0 Å². The van der Waals surface area contributed by atoms with E-state index < -0.39 is 21.9 Å². The van der Waals surface area contributed by atoms with Gasteiger partial charge in [-0.05, 0) is 43.1 Å². The molecule has 130 valence electrons. The van der Waals surface area contributed by atoms with Crippen LogP contribution in [0.2, 0.25) is 0 Å². The first-order chi connectivity index (χ1) is 10.4. The minimum Gasteiger partial charge on any atom is -0.444 e. The van der Waals surface area contributed by atoms with E-state index in [1.807, 2.05) is 0 Å². The van der Waals surface area contributed by atoms with Gasteiger partial charge in [0, 0.05) is 26.2 Å². The molecule has 0 radical (unpaired) electrons. The number of hydrogen-bond acceptors (Lipinski definition) is 5. The summed E-state index contributed by atoms with van der Waals surface area (Å²) in [6.07, 6.45) is 0.0854. The zero-order chi connectivity index (χ0) is 17.6. The third-order valence-electron chi connectivity index (χ3n) is 3.28. The standard InChI is InChI=1S/C13H21BrN4O4S/c1-13(2,3)22-12(19)17-7-6-9-10(8-17)15-18(11(9)14)23(20,21)16(4)5/h6-8H2,1-5H3. The molecule has 23 heavy (non-hydrogen) atoms. The highest BCUT2D eigenvalue weighted by Crippen LogP contribution is 2.28. The quantitative estimate of drug-likeness (QED) is 0.741. The molecule has 0 atom stereocenters. The van der Waals surface area contributed by atoms with Gasteiger partial charge in [0.2, 0.25) is 0 Å². The maximum atomic E-state index is 12.3. The molecular formula is C13H21BrN4O4S. The van der Waals surface area contributed by atoms with Gasteiger partial charge in [-0.25, -0.2) is 4.79 Å². The molecule has 0 aliphatic carbocycles. The third kappa shape index (κ3) is 3.69. The number of amides is 1. The topological polar surface area (TPSA) is 84.7 Å². The van der Waals surface area contributed by atoms with Crippen LogP contribution in [0.3, 0.4) is 0 Å². The van der Waals surface area contributed by atoms with Crippen molar-refractivity contribution >= 4 is 32.2 Å². The molecular weight excluding hydrogens is 388 g/mol. The van der Waals surface area contributed by atoms with Crippen LogP contribution in [0.5, 0.6) is 0 Å². The Morgan fingerprint density at radius 3 is 2.48 bits per heavy atom. The van der Waals surface area contributed by atoms with Gasteiger partial charge in [0.15, 0.2) is 0 Å². The molecule has 1 amide bonds. The lowest BCUT2D eigenvalue weighted by Crippen LogP contribution is -2.39. The average molecular weight is 409 g/mol. The van der Waals surface area contributed by atoms with Crippen LogP contribution in [0, 0.1) is 0 Å². The molecule has 2 rings (SSSR count). The van der Waals surface area contributed by atoms with E-state index in [9.17, 15) is 13.2 Å². The molecule has 8 nitrogen and oxygen atoms in total. The van der Waals surface area contributed by atoms with Crippen LogP contribution in [0.15, 0.2) is 4.60 Å². The molecule has 1 aromatic heterocycles. The average Bonchev–Trinajstić information content (AvgIpc) is 2.74. The number of nitrogens with zero attached hydrogens (tertiary/aromatic N) is 4. The van der Waals surface area contributed by atoms with Crippen molar-refractivity contribution in [1.29, 1.82) is 0 Å². The van der Waals surface area contributed by atoms with Gasteiger partial charge in [0.25, 0.3) is 0 Å². The first-order valence-electron chi connectivity index (χ1n) is 7.10. The molecule has 0 saturated carbocycles. The molecule has 2 heterocycles. The van der Waals surface area contributed by atoms with Gasteiger partial charge in [-0.3, -0.25) is 0 Å². The molecule has 10 heteroatoms. The highest BCUT2D eigenvalue weighted by molar-refractivity contribution is 9.10. The summed E-state index contributed by atoms with van der Waals surface area (Å²) in [7, 11) is -0.831. The summed E-state index contributed by atoms with van der Waals surface area (Å²) < 4.78 is 32.3. The molecule has 0 unspecified atom stereocenters. The summed E-state index contributed by atoms with van der Waals surface area (Å²) >= 11 is 3.31. The highest BCUT2D eigenvalue weighted by Gasteiger charge is 2.32. The van der Waals surface area contributed by atoms with Crippen molar-refractivity contribution in [3.8, 4) is 0 Å². The van der Waals surface area contributed by atoms with Gasteiger partial charge in [0.1, 0.15) is 10.2 Å². The molecule has 0 aromatic carbocycles. The molecule has 0 spiro atoms. The predicted octanol–water partition coefficient (Wildman–Crippen LogP) is 1.59. The molecule has 0 fully saturated rings. The Morgan fingerprint density at radius 2 is 1.96 bits per heavy atom. The Morgan fingerprint density at radius 1 is 1.35 bits per heavy atom. The van der Waals surface area contributed by atoms with Crippen molar-refractivity contribution in [2.75, 3.05) is 20.6 Å². The fourth-order valence-electron chi connectivity index (χ4n) is 2.12. The van der Waals surface area contributed by atoms with Gasteiger partial charge < -0.3 is 9.64 Å². The maximum Gasteiger partial charge on any atom is 0.410 e. The van der Waals surface area contributed by atoms with E-state index in [-0.39, 0.29) is 6.54 Å². The molecule has 1 aliphatic rings. The van der Waals surface area contributed by atoms with Crippen molar-refractivity contribution in [3.05, 3.63) is 15.9 Å². The first kappa shape index (κ1) is 18.2. The minimum absolute atomic E-state index is 0.221. The monoisotopic (exact) mass is 408 g/mol.